The number of ether oxygens (including phenoxy) is 2. The number of carbonyl (C=O) groups is 2. The van der Waals surface area contributed by atoms with Gasteiger partial charge in [0.15, 0.2) is 23.1 Å². The molecule has 0 saturated heterocycles. The molecule has 0 atom stereocenters. The number of benzene rings is 2. The maximum absolute atomic E-state index is 13.8. The van der Waals surface area contributed by atoms with Crippen molar-refractivity contribution in [3.05, 3.63) is 58.7 Å². The van der Waals surface area contributed by atoms with E-state index in [1.54, 1.807) is 0 Å². The lowest BCUT2D eigenvalue weighted by Crippen LogP contribution is -2.29. The number of imide groups is 1. The number of hydrogen-bond acceptors (Lipinski definition) is 4. The van der Waals surface area contributed by atoms with Crippen molar-refractivity contribution in [1.82, 2.24) is 4.90 Å². The monoisotopic (exact) mass is 333 g/mol. The number of rotatable bonds is 4. The second-order valence-electron chi connectivity index (χ2n) is 5.13. The predicted molar refractivity (Wildman–Crippen MR) is 80.1 cm³/mol. The van der Waals surface area contributed by atoms with Crippen LogP contribution in [0, 0.1) is 11.6 Å². The van der Waals surface area contributed by atoms with Gasteiger partial charge in [-0.05, 0) is 18.2 Å². The fraction of sp³-hybridized carbons (Fsp3) is 0.176. The first kappa shape index (κ1) is 15.9. The molecule has 0 bridgehead atoms. The number of amides is 2. The van der Waals surface area contributed by atoms with Gasteiger partial charge in [-0.3, -0.25) is 14.5 Å². The normalized spacial score (nSPS) is 13.2. The third-order valence-electron chi connectivity index (χ3n) is 3.84. The Labute approximate surface area is 136 Å². The van der Waals surface area contributed by atoms with Gasteiger partial charge in [-0.1, -0.05) is 12.1 Å². The summed E-state index contributed by atoms with van der Waals surface area (Å²) in [5.74, 6) is -2.93. The summed E-state index contributed by atoms with van der Waals surface area (Å²) in [6.45, 7) is -0.374. The molecule has 24 heavy (non-hydrogen) atoms. The average Bonchev–Trinajstić information content (AvgIpc) is 2.82. The molecule has 7 heteroatoms. The van der Waals surface area contributed by atoms with E-state index in [1.165, 1.54) is 38.5 Å². The molecular weight excluding hydrogens is 320 g/mol. The van der Waals surface area contributed by atoms with Crippen LogP contribution in [0.15, 0.2) is 30.3 Å². The Morgan fingerprint density at radius 1 is 1.00 bits per heavy atom. The molecule has 2 amide bonds. The van der Waals surface area contributed by atoms with Crippen molar-refractivity contribution in [3.8, 4) is 11.5 Å². The van der Waals surface area contributed by atoms with Crippen molar-refractivity contribution in [2.75, 3.05) is 14.2 Å². The molecule has 5 nitrogen and oxygen atoms in total. The van der Waals surface area contributed by atoms with Crippen molar-refractivity contribution in [3.63, 3.8) is 0 Å². The van der Waals surface area contributed by atoms with Crippen molar-refractivity contribution in [2.45, 2.75) is 6.54 Å². The highest BCUT2D eigenvalue weighted by molar-refractivity contribution is 6.22. The van der Waals surface area contributed by atoms with Crippen LogP contribution in [0.25, 0.3) is 0 Å². The summed E-state index contributed by atoms with van der Waals surface area (Å²) in [6.07, 6.45) is 0. The van der Waals surface area contributed by atoms with Crippen molar-refractivity contribution >= 4 is 11.8 Å². The summed E-state index contributed by atoms with van der Waals surface area (Å²) in [6, 6.07) is 6.55. The molecule has 1 aliphatic heterocycles. The summed E-state index contributed by atoms with van der Waals surface area (Å²) < 4.78 is 37.5. The summed E-state index contributed by atoms with van der Waals surface area (Å²) in [5, 5.41) is 0. The van der Waals surface area contributed by atoms with Crippen molar-refractivity contribution < 1.29 is 27.8 Å². The third kappa shape index (κ3) is 2.29. The molecule has 0 fully saturated rings. The van der Waals surface area contributed by atoms with Gasteiger partial charge in [-0.15, -0.1) is 0 Å². The van der Waals surface area contributed by atoms with Crippen LogP contribution >= 0.6 is 0 Å². The molecule has 0 saturated carbocycles. The van der Waals surface area contributed by atoms with Gasteiger partial charge >= 0.3 is 0 Å². The van der Waals surface area contributed by atoms with Crippen LogP contribution < -0.4 is 9.47 Å². The van der Waals surface area contributed by atoms with Crippen LogP contribution in [0.2, 0.25) is 0 Å². The minimum Gasteiger partial charge on any atom is -0.493 e. The Balaban J connectivity index is 2.03. The SMILES string of the molecule is COc1ccc2c(c1OC)C(=O)N(Cc1cccc(F)c1F)C2=O. The van der Waals surface area contributed by atoms with Crippen LogP contribution in [0.4, 0.5) is 8.78 Å². The zero-order valence-corrected chi connectivity index (χ0v) is 12.9. The van der Waals surface area contributed by atoms with Crippen LogP contribution in [-0.4, -0.2) is 30.9 Å². The van der Waals surface area contributed by atoms with Crippen molar-refractivity contribution in [1.29, 1.82) is 0 Å². The highest BCUT2D eigenvalue weighted by atomic mass is 19.2. The van der Waals surface area contributed by atoms with E-state index in [-0.39, 0.29) is 29.0 Å². The fourth-order valence-electron chi connectivity index (χ4n) is 2.67. The fourth-order valence-corrected chi connectivity index (χ4v) is 2.67. The van der Waals surface area contributed by atoms with Gasteiger partial charge in [-0.25, -0.2) is 8.78 Å². The Kier molecular flexibility index (Phi) is 3.92. The smallest absolute Gasteiger partial charge is 0.265 e. The molecule has 1 heterocycles. The molecule has 0 aliphatic carbocycles. The summed E-state index contributed by atoms with van der Waals surface area (Å²) in [5.41, 5.74) is 0.101. The van der Waals surface area contributed by atoms with Gasteiger partial charge in [0.25, 0.3) is 11.8 Å². The number of hydrogen-bond donors (Lipinski definition) is 0. The van der Waals surface area contributed by atoms with Gasteiger partial charge in [0, 0.05) is 5.56 Å². The average molecular weight is 333 g/mol. The van der Waals surface area contributed by atoms with Gasteiger partial charge in [0.2, 0.25) is 0 Å². The largest absolute Gasteiger partial charge is 0.493 e. The Bertz CT molecular complexity index is 851. The molecule has 0 spiro atoms. The summed E-state index contributed by atoms with van der Waals surface area (Å²) >= 11 is 0. The van der Waals surface area contributed by atoms with Gasteiger partial charge in [0.05, 0.1) is 31.9 Å². The van der Waals surface area contributed by atoms with E-state index in [9.17, 15) is 18.4 Å². The zero-order valence-electron chi connectivity index (χ0n) is 12.9. The minimum atomic E-state index is -1.08. The van der Waals surface area contributed by atoms with Gasteiger partial charge in [0.1, 0.15) is 0 Å². The minimum absolute atomic E-state index is 0.0543. The topological polar surface area (TPSA) is 55.8 Å². The van der Waals surface area contributed by atoms with Crippen LogP contribution in [0.3, 0.4) is 0 Å². The molecule has 124 valence electrons. The molecular formula is C17H13F2NO4. The number of methoxy groups -OCH3 is 2. The maximum Gasteiger partial charge on any atom is 0.265 e. The molecule has 0 aromatic heterocycles. The highest BCUT2D eigenvalue weighted by Gasteiger charge is 2.39. The lowest BCUT2D eigenvalue weighted by Gasteiger charge is -2.14. The van der Waals surface area contributed by atoms with E-state index in [4.69, 9.17) is 9.47 Å². The quantitative estimate of drug-likeness (QED) is 0.808. The first-order valence-corrected chi connectivity index (χ1v) is 7.03. The van der Waals surface area contributed by atoms with Crippen molar-refractivity contribution in [2.24, 2.45) is 0 Å². The third-order valence-corrected chi connectivity index (χ3v) is 3.84. The lowest BCUT2D eigenvalue weighted by atomic mass is 10.1. The molecule has 1 aliphatic rings. The number of halogens is 2. The Morgan fingerprint density at radius 2 is 1.75 bits per heavy atom. The Hall–Kier alpha value is -2.96. The molecule has 2 aromatic rings. The van der Waals surface area contributed by atoms with Crippen LogP contribution in [-0.2, 0) is 6.54 Å². The number of fused-ring (bicyclic) bond motifs is 1. The van der Waals surface area contributed by atoms with E-state index in [1.807, 2.05) is 0 Å². The predicted octanol–water partition coefficient (Wildman–Crippen LogP) is 2.78. The molecule has 0 radical (unpaired) electrons. The standard InChI is InChI=1S/C17H13F2NO4/c1-23-12-7-6-10-13(15(12)24-2)17(22)20(16(10)21)8-9-4-3-5-11(18)14(9)19/h3-7H,8H2,1-2H3. The zero-order chi connectivity index (χ0) is 17.4. The Morgan fingerprint density at radius 3 is 2.42 bits per heavy atom. The molecule has 2 aromatic carbocycles. The van der Waals surface area contributed by atoms with Crippen LogP contribution in [0.5, 0.6) is 11.5 Å². The van der Waals surface area contributed by atoms with E-state index >= 15 is 0 Å². The molecule has 3 rings (SSSR count). The lowest BCUT2D eigenvalue weighted by molar-refractivity contribution is 0.0639. The summed E-state index contributed by atoms with van der Waals surface area (Å²) in [7, 11) is 2.76. The highest BCUT2D eigenvalue weighted by Crippen LogP contribution is 2.38. The van der Waals surface area contributed by atoms with E-state index in [0.29, 0.717) is 5.75 Å². The summed E-state index contributed by atoms with van der Waals surface area (Å²) in [4.78, 5) is 25.9. The number of carbonyl (C=O) groups excluding carboxylic acids is 2. The van der Waals surface area contributed by atoms with E-state index in [2.05, 4.69) is 0 Å². The molecule has 0 unspecified atom stereocenters. The maximum atomic E-state index is 13.8. The van der Waals surface area contributed by atoms with E-state index in [0.717, 1.165) is 11.0 Å². The first-order chi connectivity index (χ1) is 11.5. The second kappa shape index (κ2) is 5.92. The second-order valence-corrected chi connectivity index (χ2v) is 5.13. The number of nitrogens with zero attached hydrogens (tertiary/aromatic N) is 1. The molecule has 0 N–H and O–H groups in total. The first-order valence-electron chi connectivity index (χ1n) is 7.03. The van der Waals surface area contributed by atoms with E-state index < -0.39 is 23.4 Å². The van der Waals surface area contributed by atoms with Gasteiger partial charge in [-0.2, -0.15) is 0 Å². The van der Waals surface area contributed by atoms with Gasteiger partial charge < -0.3 is 9.47 Å². The van der Waals surface area contributed by atoms with Crippen LogP contribution in [0.1, 0.15) is 26.3 Å².